The van der Waals surface area contributed by atoms with E-state index in [4.69, 9.17) is 16.3 Å². The molecule has 40 heavy (non-hydrogen) atoms. The monoisotopic (exact) mass is 625 g/mol. The van der Waals surface area contributed by atoms with Crippen molar-refractivity contribution >= 4 is 39.2 Å². The standard InChI is InChI=1S/C30H26BrClFN3O4/c1-18(22-5-3-4-6-25(22)33)15-27(37)28-26-17-34(29(38)19-7-12-23(31)24(32)16-19)13-14-35(26)30(39)36(28)20-8-10-21(40-2)11-9-20/h3-12,16,18H,13-15,17H2,1-2H3/t18-/m0/s1. The summed E-state index contributed by atoms with van der Waals surface area (Å²) >= 11 is 9.56. The van der Waals surface area contributed by atoms with Crippen LogP contribution in [0.25, 0.3) is 5.69 Å². The number of amides is 1. The van der Waals surface area contributed by atoms with Crippen molar-refractivity contribution < 1.29 is 18.7 Å². The topological polar surface area (TPSA) is 73.5 Å². The summed E-state index contributed by atoms with van der Waals surface area (Å²) in [5.41, 5.74) is 1.57. The Morgan fingerprint density at radius 3 is 2.48 bits per heavy atom. The minimum absolute atomic E-state index is 0.0240. The highest BCUT2D eigenvalue weighted by molar-refractivity contribution is 9.10. The lowest BCUT2D eigenvalue weighted by Crippen LogP contribution is -2.41. The Morgan fingerprint density at radius 2 is 1.80 bits per heavy atom. The molecule has 0 unspecified atom stereocenters. The molecule has 7 nitrogen and oxygen atoms in total. The Morgan fingerprint density at radius 1 is 1.07 bits per heavy atom. The zero-order valence-electron chi connectivity index (χ0n) is 21.9. The zero-order valence-corrected chi connectivity index (χ0v) is 24.2. The van der Waals surface area contributed by atoms with Crippen LogP contribution in [-0.2, 0) is 13.1 Å². The van der Waals surface area contributed by atoms with Gasteiger partial charge in [0.15, 0.2) is 5.78 Å². The molecule has 1 atom stereocenters. The molecule has 1 aliphatic heterocycles. The number of fused-ring (bicyclic) bond motifs is 1. The second-order valence-electron chi connectivity index (χ2n) is 9.67. The van der Waals surface area contributed by atoms with Gasteiger partial charge in [0.1, 0.15) is 17.3 Å². The van der Waals surface area contributed by atoms with Crippen molar-refractivity contribution in [3.63, 3.8) is 0 Å². The highest BCUT2D eigenvalue weighted by Gasteiger charge is 2.33. The van der Waals surface area contributed by atoms with Gasteiger partial charge in [-0.3, -0.25) is 18.7 Å². The molecule has 0 spiro atoms. The molecule has 2 heterocycles. The quantitative estimate of drug-likeness (QED) is 0.228. The summed E-state index contributed by atoms with van der Waals surface area (Å²) < 4.78 is 23.4. The summed E-state index contributed by atoms with van der Waals surface area (Å²) in [5, 5.41) is 0.406. The van der Waals surface area contributed by atoms with Gasteiger partial charge < -0.3 is 9.64 Å². The minimum Gasteiger partial charge on any atom is -0.497 e. The van der Waals surface area contributed by atoms with Crippen LogP contribution in [0.4, 0.5) is 4.39 Å². The van der Waals surface area contributed by atoms with E-state index in [0.29, 0.717) is 37.8 Å². The summed E-state index contributed by atoms with van der Waals surface area (Å²) in [6.45, 7) is 2.34. The van der Waals surface area contributed by atoms with Gasteiger partial charge in [-0.25, -0.2) is 9.18 Å². The van der Waals surface area contributed by atoms with Crippen molar-refractivity contribution in [2.24, 2.45) is 0 Å². The van der Waals surface area contributed by atoms with Crippen LogP contribution in [0.2, 0.25) is 5.02 Å². The van der Waals surface area contributed by atoms with Gasteiger partial charge in [0, 0.05) is 29.5 Å². The number of hydrogen-bond acceptors (Lipinski definition) is 4. The third-order valence-corrected chi connectivity index (χ3v) is 8.39. The molecule has 0 bridgehead atoms. The van der Waals surface area contributed by atoms with Crippen molar-refractivity contribution in [2.75, 3.05) is 13.7 Å². The van der Waals surface area contributed by atoms with Gasteiger partial charge in [-0.05, 0) is 75.9 Å². The lowest BCUT2D eigenvalue weighted by atomic mass is 9.93. The van der Waals surface area contributed by atoms with Gasteiger partial charge in [0.05, 0.1) is 30.1 Å². The number of nitrogens with zero attached hydrogens (tertiary/aromatic N) is 3. The van der Waals surface area contributed by atoms with Crippen LogP contribution >= 0.6 is 27.5 Å². The Balaban J connectivity index is 1.56. The number of methoxy groups -OCH3 is 1. The molecule has 3 aromatic carbocycles. The molecule has 0 N–H and O–H groups in total. The highest BCUT2D eigenvalue weighted by Crippen LogP contribution is 2.29. The fourth-order valence-electron chi connectivity index (χ4n) is 5.06. The third kappa shape index (κ3) is 5.23. The number of rotatable bonds is 7. The van der Waals surface area contributed by atoms with E-state index in [-0.39, 0.29) is 54.9 Å². The average molecular weight is 627 g/mol. The lowest BCUT2D eigenvalue weighted by molar-refractivity contribution is 0.0706. The first-order valence-corrected chi connectivity index (χ1v) is 13.9. The molecule has 0 saturated heterocycles. The van der Waals surface area contributed by atoms with Crippen LogP contribution in [0.3, 0.4) is 0 Å². The normalized spacial score (nSPS) is 13.6. The number of ether oxygens (including phenoxy) is 1. The first-order chi connectivity index (χ1) is 19.2. The molecule has 0 fully saturated rings. The number of ketones is 1. The van der Waals surface area contributed by atoms with E-state index >= 15 is 0 Å². The fraction of sp³-hybridized carbons (Fsp3) is 0.233. The van der Waals surface area contributed by atoms with Crippen LogP contribution in [0.5, 0.6) is 5.75 Å². The van der Waals surface area contributed by atoms with Gasteiger partial charge >= 0.3 is 5.69 Å². The molecule has 10 heteroatoms. The van der Waals surface area contributed by atoms with E-state index in [1.54, 1.807) is 84.2 Å². The molecule has 206 valence electrons. The molecular weight excluding hydrogens is 601 g/mol. The number of halogens is 3. The predicted molar refractivity (Wildman–Crippen MR) is 154 cm³/mol. The highest BCUT2D eigenvalue weighted by atomic mass is 79.9. The minimum atomic E-state index is -0.435. The fourth-order valence-corrected chi connectivity index (χ4v) is 5.49. The number of hydrogen-bond donors (Lipinski definition) is 0. The summed E-state index contributed by atoms with van der Waals surface area (Å²) in [6, 6.07) is 18.1. The Bertz CT molecular complexity index is 1660. The summed E-state index contributed by atoms with van der Waals surface area (Å²) in [7, 11) is 1.54. The molecular formula is C30H26BrClFN3O4. The maximum Gasteiger partial charge on any atom is 0.333 e. The van der Waals surface area contributed by atoms with E-state index in [1.165, 1.54) is 10.6 Å². The van der Waals surface area contributed by atoms with E-state index < -0.39 is 5.92 Å². The molecule has 1 aromatic heterocycles. The Hall–Kier alpha value is -3.69. The van der Waals surface area contributed by atoms with Crippen molar-refractivity contribution in [3.8, 4) is 11.4 Å². The summed E-state index contributed by atoms with van der Waals surface area (Å²) in [4.78, 5) is 42.6. The van der Waals surface area contributed by atoms with Crippen molar-refractivity contribution in [2.45, 2.75) is 32.4 Å². The third-order valence-electron chi connectivity index (χ3n) is 7.16. The smallest absolute Gasteiger partial charge is 0.333 e. The molecule has 5 rings (SSSR count). The van der Waals surface area contributed by atoms with Gasteiger partial charge in [0.2, 0.25) is 0 Å². The molecule has 0 radical (unpaired) electrons. The van der Waals surface area contributed by atoms with Crippen LogP contribution in [0.15, 0.2) is 76.0 Å². The zero-order chi connectivity index (χ0) is 28.6. The van der Waals surface area contributed by atoms with Crippen LogP contribution in [0.1, 0.15) is 51.4 Å². The lowest BCUT2D eigenvalue weighted by Gasteiger charge is -2.28. The van der Waals surface area contributed by atoms with Gasteiger partial charge in [-0.2, -0.15) is 0 Å². The summed E-state index contributed by atoms with van der Waals surface area (Å²) in [5.74, 6) is -0.803. The predicted octanol–water partition coefficient (Wildman–Crippen LogP) is 6.24. The van der Waals surface area contributed by atoms with Crippen molar-refractivity contribution in [1.82, 2.24) is 14.0 Å². The average Bonchev–Trinajstić information content (AvgIpc) is 3.25. The van der Waals surface area contributed by atoms with Crippen LogP contribution < -0.4 is 10.4 Å². The number of imidazole rings is 1. The number of carbonyl (C=O) groups excluding carboxylic acids is 2. The van der Waals surface area contributed by atoms with Crippen molar-refractivity contribution in [1.29, 1.82) is 0 Å². The second-order valence-corrected chi connectivity index (χ2v) is 10.9. The SMILES string of the molecule is COc1ccc(-n2c(C(=O)C[C@H](C)c3ccccc3F)c3n(c2=O)CCN(C(=O)c2ccc(Br)c(Cl)c2)C3)cc1. The van der Waals surface area contributed by atoms with E-state index in [1.807, 2.05) is 0 Å². The van der Waals surface area contributed by atoms with Crippen LogP contribution in [0, 0.1) is 5.82 Å². The second kappa shape index (κ2) is 11.4. The maximum atomic E-state index is 14.5. The van der Waals surface area contributed by atoms with Gasteiger partial charge in [-0.15, -0.1) is 0 Å². The molecule has 1 amide bonds. The molecule has 4 aromatic rings. The van der Waals surface area contributed by atoms with Gasteiger partial charge in [0.25, 0.3) is 5.91 Å². The Kier molecular flexibility index (Phi) is 7.96. The van der Waals surface area contributed by atoms with Gasteiger partial charge in [-0.1, -0.05) is 36.7 Å². The maximum absolute atomic E-state index is 14.5. The number of benzene rings is 3. The first-order valence-electron chi connectivity index (χ1n) is 12.7. The van der Waals surface area contributed by atoms with Crippen LogP contribution in [-0.4, -0.2) is 39.4 Å². The number of carbonyl (C=O) groups is 2. The van der Waals surface area contributed by atoms with E-state index in [2.05, 4.69) is 15.9 Å². The first kappa shape index (κ1) is 27.9. The molecule has 0 saturated carbocycles. The molecule has 1 aliphatic rings. The number of Topliss-reactive ketones (excluding diaryl/α,β-unsaturated/α-hetero) is 1. The number of aromatic nitrogens is 2. The van der Waals surface area contributed by atoms with Crippen molar-refractivity contribution in [3.05, 3.63) is 115 Å². The van der Waals surface area contributed by atoms with E-state index in [0.717, 1.165) is 0 Å². The largest absolute Gasteiger partial charge is 0.497 e. The Labute approximate surface area is 243 Å². The summed E-state index contributed by atoms with van der Waals surface area (Å²) in [6.07, 6.45) is -0.0240. The molecule has 0 aliphatic carbocycles. The van der Waals surface area contributed by atoms with E-state index in [9.17, 15) is 18.8 Å².